The number of nitrogens with two attached hydrogens (primary N) is 1. The summed E-state index contributed by atoms with van der Waals surface area (Å²) < 4.78 is 0. The molecule has 3 N–H and O–H groups in total. The van der Waals surface area contributed by atoms with Crippen molar-refractivity contribution in [3.63, 3.8) is 0 Å². The van der Waals surface area contributed by atoms with Crippen LogP contribution in [-0.2, 0) is 6.42 Å². The fourth-order valence-corrected chi connectivity index (χ4v) is 2.00. The molecule has 0 spiro atoms. The first-order chi connectivity index (χ1) is 7.77. The van der Waals surface area contributed by atoms with E-state index in [1.54, 1.807) is 17.5 Å². The summed E-state index contributed by atoms with van der Waals surface area (Å²) in [4.78, 5) is 8.42. The van der Waals surface area contributed by atoms with Crippen LogP contribution >= 0.6 is 11.3 Å². The molecule has 4 nitrogen and oxygen atoms in total. The van der Waals surface area contributed by atoms with Gasteiger partial charge in [0, 0.05) is 30.7 Å². The van der Waals surface area contributed by atoms with Gasteiger partial charge in [0.15, 0.2) is 0 Å². The maximum absolute atomic E-state index is 5.90. The summed E-state index contributed by atoms with van der Waals surface area (Å²) in [5.74, 6) is 0.761. The highest BCUT2D eigenvalue weighted by molar-refractivity contribution is 7.09. The minimum absolute atomic E-state index is 0.724. The Kier molecular flexibility index (Phi) is 3.36. The van der Waals surface area contributed by atoms with Crippen LogP contribution in [0.25, 0.3) is 0 Å². The first-order valence-corrected chi connectivity index (χ1v) is 5.98. The van der Waals surface area contributed by atoms with Crippen LogP contribution < -0.4 is 11.1 Å². The van der Waals surface area contributed by atoms with E-state index in [-0.39, 0.29) is 0 Å². The minimum Gasteiger partial charge on any atom is -0.396 e. The van der Waals surface area contributed by atoms with Crippen molar-refractivity contribution in [3.05, 3.63) is 34.4 Å². The van der Waals surface area contributed by atoms with Gasteiger partial charge < -0.3 is 11.1 Å². The van der Waals surface area contributed by atoms with Crippen molar-refractivity contribution in [1.29, 1.82) is 0 Å². The summed E-state index contributed by atoms with van der Waals surface area (Å²) in [6.45, 7) is 2.77. The van der Waals surface area contributed by atoms with Crippen LogP contribution in [0.1, 0.15) is 10.6 Å². The number of nitrogen functional groups attached to an aromatic ring is 1. The number of rotatable bonds is 4. The summed E-state index contributed by atoms with van der Waals surface area (Å²) in [7, 11) is 0. The highest BCUT2D eigenvalue weighted by Crippen LogP contribution is 2.18. The number of hydrogen-bond donors (Lipinski definition) is 2. The van der Waals surface area contributed by atoms with Crippen LogP contribution in [0.5, 0.6) is 0 Å². The standard InChI is InChI=1S/C11H14N4S/c1-8-2-4-14-11(10(8)12)15-5-3-9-13-6-7-16-9/h2,4,6-7H,3,5,12H2,1H3,(H,14,15). The van der Waals surface area contributed by atoms with Gasteiger partial charge in [0.05, 0.1) is 10.7 Å². The highest BCUT2D eigenvalue weighted by Gasteiger charge is 2.02. The summed E-state index contributed by atoms with van der Waals surface area (Å²) in [5.41, 5.74) is 7.68. The van der Waals surface area contributed by atoms with Gasteiger partial charge in [-0.2, -0.15) is 0 Å². The maximum Gasteiger partial charge on any atom is 0.149 e. The van der Waals surface area contributed by atoms with E-state index in [1.807, 2.05) is 24.6 Å². The Morgan fingerprint density at radius 2 is 2.25 bits per heavy atom. The van der Waals surface area contributed by atoms with Gasteiger partial charge in [-0.15, -0.1) is 11.3 Å². The molecule has 0 saturated heterocycles. The number of hydrogen-bond acceptors (Lipinski definition) is 5. The average molecular weight is 234 g/mol. The Hall–Kier alpha value is -1.62. The monoisotopic (exact) mass is 234 g/mol. The van der Waals surface area contributed by atoms with E-state index in [0.717, 1.165) is 35.0 Å². The molecule has 2 rings (SSSR count). The zero-order valence-corrected chi connectivity index (χ0v) is 9.92. The van der Waals surface area contributed by atoms with Crippen LogP contribution in [0.4, 0.5) is 11.5 Å². The molecule has 2 aromatic rings. The third-order valence-electron chi connectivity index (χ3n) is 2.32. The second-order valence-electron chi connectivity index (χ2n) is 3.49. The van der Waals surface area contributed by atoms with E-state index in [9.17, 15) is 0 Å². The van der Waals surface area contributed by atoms with Crippen molar-refractivity contribution in [2.24, 2.45) is 0 Å². The van der Waals surface area contributed by atoms with Gasteiger partial charge >= 0.3 is 0 Å². The van der Waals surface area contributed by atoms with E-state index in [0.29, 0.717) is 0 Å². The number of nitrogens with zero attached hydrogens (tertiary/aromatic N) is 2. The Bertz CT molecular complexity index is 453. The molecular weight excluding hydrogens is 220 g/mol. The molecular formula is C11H14N4S. The summed E-state index contributed by atoms with van der Waals surface area (Å²) in [5, 5.41) is 6.33. The lowest BCUT2D eigenvalue weighted by molar-refractivity contribution is 0.987. The average Bonchev–Trinajstić information content (AvgIpc) is 2.77. The Morgan fingerprint density at radius 1 is 1.38 bits per heavy atom. The van der Waals surface area contributed by atoms with Crippen LogP contribution in [0.15, 0.2) is 23.8 Å². The predicted molar refractivity (Wildman–Crippen MR) is 67.7 cm³/mol. The molecule has 0 aliphatic carbocycles. The van der Waals surface area contributed by atoms with Crippen molar-refractivity contribution in [3.8, 4) is 0 Å². The molecule has 0 saturated carbocycles. The third-order valence-corrected chi connectivity index (χ3v) is 3.16. The zero-order chi connectivity index (χ0) is 11.4. The van der Waals surface area contributed by atoms with Crippen LogP contribution in [0, 0.1) is 6.92 Å². The molecule has 0 atom stereocenters. The van der Waals surface area contributed by atoms with Crippen LogP contribution in [-0.4, -0.2) is 16.5 Å². The Labute approximate surface area is 98.6 Å². The maximum atomic E-state index is 5.90. The van der Waals surface area contributed by atoms with Crippen LogP contribution in [0.2, 0.25) is 0 Å². The number of pyridine rings is 1. The van der Waals surface area contributed by atoms with Gasteiger partial charge in [-0.05, 0) is 18.6 Å². The molecule has 0 bridgehead atoms. The van der Waals surface area contributed by atoms with E-state index in [2.05, 4.69) is 15.3 Å². The molecule has 0 radical (unpaired) electrons. The predicted octanol–water partition coefficient (Wildman–Crippen LogP) is 2.08. The third kappa shape index (κ3) is 2.49. The normalized spacial score (nSPS) is 10.3. The van der Waals surface area contributed by atoms with Gasteiger partial charge in [0.25, 0.3) is 0 Å². The molecule has 0 unspecified atom stereocenters. The van der Waals surface area contributed by atoms with Crippen molar-refractivity contribution >= 4 is 22.8 Å². The smallest absolute Gasteiger partial charge is 0.149 e. The lowest BCUT2D eigenvalue weighted by Crippen LogP contribution is -2.09. The summed E-state index contributed by atoms with van der Waals surface area (Å²) in [6, 6.07) is 1.90. The van der Waals surface area contributed by atoms with E-state index in [1.165, 1.54) is 0 Å². The molecule has 0 aromatic carbocycles. The lowest BCUT2D eigenvalue weighted by Gasteiger charge is -2.08. The quantitative estimate of drug-likeness (QED) is 0.850. The van der Waals surface area contributed by atoms with E-state index in [4.69, 9.17) is 5.73 Å². The van der Waals surface area contributed by atoms with Crippen molar-refractivity contribution in [1.82, 2.24) is 9.97 Å². The van der Waals surface area contributed by atoms with Gasteiger partial charge in [0.1, 0.15) is 5.82 Å². The number of aromatic nitrogens is 2. The molecule has 0 fully saturated rings. The number of aryl methyl sites for hydroxylation is 1. The highest BCUT2D eigenvalue weighted by atomic mass is 32.1. The Morgan fingerprint density at radius 3 is 3.00 bits per heavy atom. The molecule has 2 heterocycles. The van der Waals surface area contributed by atoms with Gasteiger partial charge in [0.2, 0.25) is 0 Å². The van der Waals surface area contributed by atoms with Crippen LogP contribution in [0.3, 0.4) is 0 Å². The molecule has 0 aliphatic rings. The fraction of sp³-hybridized carbons (Fsp3) is 0.273. The van der Waals surface area contributed by atoms with E-state index >= 15 is 0 Å². The number of nitrogens with one attached hydrogen (secondary N) is 1. The first-order valence-electron chi connectivity index (χ1n) is 5.10. The zero-order valence-electron chi connectivity index (χ0n) is 9.10. The summed E-state index contributed by atoms with van der Waals surface area (Å²) in [6.07, 6.45) is 4.48. The first kappa shape index (κ1) is 10.9. The SMILES string of the molecule is Cc1ccnc(NCCc2nccs2)c1N. The largest absolute Gasteiger partial charge is 0.396 e. The van der Waals surface area contributed by atoms with Gasteiger partial charge in [-0.3, -0.25) is 0 Å². The molecule has 5 heteroatoms. The molecule has 0 aliphatic heterocycles. The number of thiazole rings is 1. The second kappa shape index (κ2) is 4.94. The van der Waals surface area contributed by atoms with Crippen molar-refractivity contribution < 1.29 is 0 Å². The molecule has 2 aromatic heterocycles. The second-order valence-corrected chi connectivity index (χ2v) is 4.47. The topological polar surface area (TPSA) is 63.8 Å². The fourth-order valence-electron chi connectivity index (χ4n) is 1.37. The molecule has 84 valence electrons. The van der Waals surface area contributed by atoms with Crippen molar-refractivity contribution in [2.75, 3.05) is 17.6 Å². The van der Waals surface area contributed by atoms with E-state index < -0.39 is 0 Å². The summed E-state index contributed by atoms with van der Waals surface area (Å²) >= 11 is 1.66. The van der Waals surface area contributed by atoms with Crippen molar-refractivity contribution in [2.45, 2.75) is 13.3 Å². The van der Waals surface area contributed by atoms with Gasteiger partial charge in [-0.1, -0.05) is 0 Å². The number of anilines is 2. The molecule has 0 amide bonds. The molecule has 16 heavy (non-hydrogen) atoms. The van der Waals surface area contributed by atoms with Gasteiger partial charge in [-0.25, -0.2) is 9.97 Å². The lowest BCUT2D eigenvalue weighted by atomic mass is 10.2. The Balaban J connectivity index is 1.92. The minimum atomic E-state index is 0.724.